The molecule has 106 valence electrons. The number of halogens is 1. The van der Waals surface area contributed by atoms with Gasteiger partial charge in [-0.2, -0.15) is 0 Å². The van der Waals surface area contributed by atoms with E-state index >= 15 is 0 Å². The van der Waals surface area contributed by atoms with Crippen LogP contribution in [0.3, 0.4) is 0 Å². The number of anilines is 1. The van der Waals surface area contributed by atoms with Crippen LogP contribution in [0.25, 0.3) is 0 Å². The van der Waals surface area contributed by atoms with E-state index in [0.717, 1.165) is 43.5 Å². The smallest absolute Gasteiger partial charge is 0.125 e. The molecular weight excluding hydrogens is 243 g/mol. The minimum absolute atomic E-state index is 0.171. The van der Waals surface area contributed by atoms with Gasteiger partial charge in [0.05, 0.1) is 0 Å². The monoisotopic (exact) mass is 266 g/mol. The SMILES string of the molecule is CNCc1cc(F)cc(N2CCCC2CCCO)c1. The van der Waals surface area contributed by atoms with Gasteiger partial charge in [-0.05, 0) is 56.5 Å². The molecule has 1 unspecified atom stereocenters. The molecule has 1 aliphatic rings. The molecule has 0 radical (unpaired) electrons. The summed E-state index contributed by atoms with van der Waals surface area (Å²) in [6.07, 6.45) is 4.08. The van der Waals surface area contributed by atoms with E-state index < -0.39 is 0 Å². The molecule has 1 aromatic carbocycles. The van der Waals surface area contributed by atoms with Gasteiger partial charge in [-0.3, -0.25) is 0 Å². The number of benzene rings is 1. The van der Waals surface area contributed by atoms with Crippen LogP contribution >= 0.6 is 0 Å². The summed E-state index contributed by atoms with van der Waals surface area (Å²) >= 11 is 0. The highest BCUT2D eigenvalue weighted by molar-refractivity contribution is 5.51. The van der Waals surface area contributed by atoms with Crippen molar-refractivity contribution in [3.05, 3.63) is 29.6 Å². The van der Waals surface area contributed by atoms with E-state index in [1.807, 2.05) is 7.05 Å². The average Bonchev–Trinajstić information content (AvgIpc) is 2.84. The Balaban J connectivity index is 2.15. The molecule has 1 aromatic rings. The van der Waals surface area contributed by atoms with Crippen molar-refractivity contribution in [3.8, 4) is 0 Å². The molecule has 0 amide bonds. The van der Waals surface area contributed by atoms with Crippen LogP contribution in [0.5, 0.6) is 0 Å². The average molecular weight is 266 g/mol. The lowest BCUT2D eigenvalue weighted by Crippen LogP contribution is -2.29. The molecule has 2 N–H and O–H groups in total. The molecule has 0 spiro atoms. The number of nitrogens with zero attached hydrogens (tertiary/aromatic N) is 1. The molecule has 0 saturated carbocycles. The van der Waals surface area contributed by atoms with Crippen LogP contribution in [0.4, 0.5) is 10.1 Å². The minimum atomic E-state index is -0.171. The second-order valence-electron chi connectivity index (χ2n) is 5.20. The Hall–Kier alpha value is -1.13. The fourth-order valence-electron chi connectivity index (χ4n) is 2.91. The molecule has 0 aliphatic carbocycles. The van der Waals surface area contributed by atoms with E-state index in [2.05, 4.69) is 16.3 Å². The van der Waals surface area contributed by atoms with Gasteiger partial charge in [0, 0.05) is 31.4 Å². The lowest BCUT2D eigenvalue weighted by Gasteiger charge is -2.27. The summed E-state index contributed by atoms with van der Waals surface area (Å²) in [7, 11) is 1.87. The van der Waals surface area contributed by atoms with Crippen LogP contribution in [-0.4, -0.2) is 31.3 Å². The molecule has 3 nitrogen and oxygen atoms in total. The van der Waals surface area contributed by atoms with E-state index in [9.17, 15) is 4.39 Å². The second-order valence-corrected chi connectivity index (χ2v) is 5.20. The first-order valence-corrected chi connectivity index (χ1v) is 7.06. The quantitative estimate of drug-likeness (QED) is 0.829. The highest BCUT2D eigenvalue weighted by atomic mass is 19.1. The van der Waals surface area contributed by atoms with E-state index in [4.69, 9.17) is 5.11 Å². The maximum atomic E-state index is 13.7. The van der Waals surface area contributed by atoms with Crippen molar-refractivity contribution < 1.29 is 9.50 Å². The lowest BCUT2D eigenvalue weighted by atomic mass is 10.1. The second kappa shape index (κ2) is 6.87. The van der Waals surface area contributed by atoms with Crippen LogP contribution in [0.2, 0.25) is 0 Å². The summed E-state index contributed by atoms with van der Waals surface area (Å²) in [5.74, 6) is -0.171. The Morgan fingerprint density at radius 1 is 1.42 bits per heavy atom. The summed E-state index contributed by atoms with van der Waals surface area (Å²) < 4.78 is 13.7. The van der Waals surface area contributed by atoms with Crippen molar-refractivity contribution in [2.45, 2.75) is 38.3 Å². The lowest BCUT2D eigenvalue weighted by molar-refractivity contribution is 0.279. The van der Waals surface area contributed by atoms with Crippen molar-refractivity contribution >= 4 is 5.69 Å². The Morgan fingerprint density at radius 3 is 3.00 bits per heavy atom. The third-order valence-electron chi connectivity index (χ3n) is 3.73. The maximum Gasteiger partial charge on any atom is 0.125 e. The van der Waals surface area contributed by atoms with Gasteiger partial charge in [0.15, 0.2) is 0 Å². The number of hydrogen-bond donors (Lipinski definition) is 2. The molecule has 2 rings (SSSR count). The summed E-state index contributed by atoms with van der Waals surface area (Å²) in [5, 5.41) is 12.0. The van der Waals surface area contributed by atoms with Crippen LogP contribution in [-0.2, 0) is 6.54 Å². The van der Waals surface area contributed by atoms with Crippen molar-refractivity contribution in [1.82, 2.24) is 5.32 Å². The van der Waals surface area contributed by atoms with Gasteiger partial charge in [-0.1, -0.05) is 0 Å². The van der Waals surface area contributed by atoms with E-state index in [1.54, 1.807) is 12.1 Å². The zero-order chi connectivity index (χ0) is 13.7. The topological polar surface area (TPSA) is 35.5 Å². The molecule has 0 aromatic heterocycles. The molecule has 4 heteroatoms. The summed E-state index contributed by atoms with van der Waals surface area (Å²) in [6.45, 7) is 1.90. The van der Waals surface area contributed by atoms with E-state index in [1.165, 1.54) is 0 Å². The summed E-state index contributed by atoms with van der Waals surface area (Å²) in [4.78, 5) is 2.29. The molecule has 1 atom stereocenters. The van der Waals surface area contributed by atoms with Gasteiger partial charge in [0.2, 0.25) is 0 Å². The van der Waals surface area contributed by atoms with Crippen molar-refractivity contribution in [2.75, 3.05) is 25.1 Å². The normalized spacial score (nSPS) is 19.1. The van der Waals surface area contributed by atoms with Crippen LogP contribution in [0.1, 0.15) is 31.2 Å². The first-order chi connectivity index (χ1) is 9.24. The maximum absolute atomic E-state index is 13.7. The third kappa shape index (κ3) is 3.67. The third-order valence-corrected chi connectivity index (χ3v) is 3.73. The fourth-order valence-corrected chi connectivity index (χ4v) is 2.91. The minimum Gasteiger partial charge on any atom is -0.396 e. The number of aliphatic hydroxyl groups excluding tert-OH is 1. The van der Waals surface area contributed by atoms with Crippen molar-refractivity contribution in [1.29, 1.82) is 0 Å². The van der Waals surface area contributed by atoms with Gasteiger partial charge < -0.3 is 15.3 Å². The molecule has 0 bridgehead atoms. The predicted molar refractivity (Wildman–Crippen MR) is 75.9 cm³/mol. The number of rotatable bonds is 6. The van der Waals surface area contributed by atoms with E-state index in [0.29, 0.717) is 12.6 Å². The highest BCUT2D eigenvalue weighted by Crippen LogP contribution is 2.29. The van der Waals surface area contributed by atoms with Crippen molar-refractivity contribution in [2.24, 2.45) is 0 Å². The van der Waals surface area contributed by atoms with E-state index in [-0.39, 0.29) is 12.4 Å². The Bertz CT molecular complexity index is 411. The fraction of sp³-hybridized carbons (Fsp3) is 0.600. The Labute approximate surface area is 114 Å². The number of hydrogen-bond acceptors (Lipinski definition) is 3. The molecule has 1 heterocycles. The van der Waals surface area contributed by atoms with Crippen LogP contribution < -0.4 is 10.2 Å². The standard InChI is InChI=1S/C15H23FN2O/c1-17-11-12-8-13(16)10-15(9-12)18-6-2-4-14(18)5-3-7-19/h8-10,14,17,19H,2-7,11H2,1H3. The molecular formula is C15H23FN2O. The molecule has 1 aliphatic heterocycles. The summed E-state index contributed by atoms with van der Waals surface area (Å²) in [6, 6.07) is 5.71. The van der Waals surface area contributed by atoms with Gasteiger partial charge in [0.1, 0.15) is 5.82 Å². The van der Waals surface area contributed by atoms with Gasteiger partial charge in [-0.15, -0.1) is 0 Å². The Morgan fingerprint density at radius 2 is 2.26 bits per heavy atom. The van der Waals surface area contributed by atoms with Gasteiger partial charge in [-0.25, -0.2) is 4.39 Å². The first-order valence-electron chi connectivity index (χ1n) is 7.06. The predicted octanol–water partition coefficient (Wildman–Crippen LogP) is 2.29. The molecule has 1 saturated heterocycles. The zero-order valence-electron chi connectivity index (χ0n) is 11.5. The Kier molecular flexibility index (Phi) is 5.16. The number of aliphatic hydroxyl groups is 1. The largest absolute Gasteiger partial charge is 0.396 e. The van der Waals surface area contributed by atoms with Gasteiger partial charge in [0.25, 0.3) is 0 Å². The van der Waals surface area contributed by atoms with Crippen molar-refractivity contribution in [3.63, 3.8) is 0 Å². The molecule has 1 fully saturated rings. The highest BCUT2D eigenvalue weighted by Gasteiger charge is 2.24. The molecule has 19 heavy (non-hydrogen) atoms. The zero-order valence-corrected chi connectivity index (χ0v) is 11.5. The van der Waals surface area contributed by atoms with Crippen LogP contribution in [0.15, 0.2) is 18.2 Å². The van der Waals surface area contributed by atoms with Gasteiger partial charge >= 0.3 is 0 Å². The first kappa shape index (κ1) is 14.3. The van der Waals surface area contributed by atoms with Crippen LogP contribution in [0, 0.1) is 5.82 Å². The number of nitrogens with one attached hydrogen (secondary N) is 1. The summed E-state index contributed by atoms with van der Waals surface area (Å²) in [5.41, 5.74) is 1.95.